The highest BCUT2D eigenvalue weighted by molar-refractivity contribution is 7.98. The molecule has 2 rings (SSSR count). The van der Waals surface area contributed by atoms with Crippen LogP contribution >= 0.6 is 11.8 Å². The van der Waals surface area contributed by atoms with Crippen LogP contribution in [0.15, 0.2) is 60.7 Å². The number of nitrogens with one attached hydrogen (secondary N) is 1. The molecule has 0 radical (unpaired) electrons. The fraction of sp³-hybridized carbons (Fsp3) is 0.250. The van der Waals surface area contributed by atoms with Crippen LogP contribution in [-0.2, 0) is 26.6 Å². The third-order valence-corrected chi connectivity index (χ3v) is 4.57. The molecule has 27 heavy (non-hydrogen) atoms. The first-order valence-electron chi connectivity index (χ1n) is 8.31. The summed E-state index contributed by atoms with van der Waals surface area (Å²) in [4.78, 5) is 24.1. The Kier molecular flexibility index (Phi) is 8.74. The molecule has 6 nitrogen and oxygen atoms in total. The fourth-order valence-electron chi connectivity index (χ4n) is 2.15. The molecular weight excluding hydrogens is 364 g/mol. The molecule has 0 unspecified atom stereocenters. The van der Waals surface area contributed by atoms with Gasteiger partial charge >= 0.3 is 12.1 Å². The lowest BCUT2D eigenvalue weighted by Gasteiger charge is -2.16. The molecule has 0 aliphatic carbocycles. The highest BCUT2D eigenvalue weighted by Crippen LogP contribution is 2.13. The molecule has 0 saturated heterocycles. The van der Waals surface area contributed by atoms with Gasteiger partial charge in [-0.3, -0.25) is 0 Å². The van der Waals surface area contributed by atoms with Crippen molar-refractivity contribution in [2.45, 2.75) is 18.4 Å². The maximum atomic E-state index is 12.1. The van der Waals surface area contributed by atoms with E-state index in [9.17, 15) is 9.59 Å². The van der Waals surface area contributed by atoms with Gasteiger partial charge in [-0.15, -0.1) is 0 Å². The molecule has 0 aliphatic rings. The third-order valence-electron chi connectivity index (χ3n) is 3.46. The quantitative estimate of drug-likeness (QED) is 0.668. The van der Waals surface area contributed by atoms with Gasteiger partial charge in [-0.05, 0) is 11.1 Å². The van der Waals surface area contributed by atoms with Crippen LogP contribution in [-0.4, -0.2) is 30.5 Å². The number of carbonyl (C=O) groups is 2. The zero-order valence-corrected chi connectivity index (χ0v) is 15.5. The van der Waals surface area contributed by atoms with E-state index < -0.39 is 18.1 Å². The molecule has 140 valence electrons. The van der Waals surface area contributed by atoms with Crippen LogP contribution in [0.25, 0.3) is 0 Å². The van der Waals surface area contributed by atoms with Gasteiger partial charge in [-0.2, -0.15) is 17.0 Å². The highest BCUT2D eigenvalue weighted by Gasteiger charge is 2.23. The van der Waals surface area contributed by atoms with E-state index in [1.807, 2.05) is 60.7 Å². The van der Waals surface area contributed by atoms with Crippen molar-refractivity contribution in [2.24, 2.45) is 0 Å². The number of esters is 1. The second kappa shape index (κ2) is 11.6. The molecule has 1 amide bonds. The van der Waals surface area contributed by atoms with E-state index in [0.717, 1.165) is 11.1 Å². The maximum absolute atomic E-state index is 12.1. The summed E-state index contributed by atoms with van der Waals surface area (Å²) in [5.41, 5.74) is 1.95. The molecule has 1 atom stereocenters. The standard InChI is InChI=1S/C20H20N2O4S/c21-11-12-25-19(23)18(15-27-14-17-9-5-2-6-10-17)22-20(24)26-13-16-7-3-1-4-8-16/h1-10,18H,12-15H2,(H,22,24)/t18-/m0/s1. The minimum absolute atomic E-state index is 0.101. The Balaban J connectivity index is 1.85. The Bertz CT molecular complexity index is 763. The molecule has 0 bridgehead atoms. The molecule has 0 heterocycles. The number of nitrogens with zero attached hydrogens (tertiary/aromatic N) is 1. The zero-order valence-electron chi connectivity index (χ0n) is 14.7. The van der Waals surface area contributed by atoms with E-state index in [1.54, 1.807) is 6.07 Å². The van der Waals surface area contributed by atoms with Gasteiger partial charge in [0, 0.05) is 11.5 Å². The monoisotopic (exact) mass is 384 g/mol. The first-order valence-corrected chi connectivity index (χ1v) is 9.47. The van der Waals surface area contributed by atoms with Gasteiger partial charge in [0.2, 0.25) is 0 Å². The molecule has 2 aromatic carbocycles. The summed E-state index contributed by atoms with van der Waals surface area (Å²) in [5.74, 6) is 0.331. The topological polar surface area (TPSA) is 88.4 Å². The van der Waals surface area contributed by atoms with Crippen molar-refractivity contribution >= 4 is 23.8 Å². The van der Waals surface area contributed by atoms with Crippen molar-refractivity contribution in [1.29, 1.82) is 5.26 Å². The highest BCUT2D eigenvalue weighted by atomic mass is 32.2. The number of alkyl carbamates (subject to hydrolysis) is 1. The lowest BCUT2D eigenvalue weighted by atomic mass is 10.2. The van der Waals surface area contributed by atoms with Gasteiger partial charge in [-0.1, -0.05) is 60.7 Å². The van der Waals surface area contributed by atoms with Crippen molar-refractivity contribution in [3.8, 4) is 6.07 Å². The number of carbonyl (C=O) groups excluding carboxylic acids is 2. The van der Waals surface area contributed by atoms with Gasteiger partial charge in [0.15, 0.2) is 6.61 Å². The molecule has 0 spiro atoms. The first kappa shape index (κ1) is 20.3. The molecule has 0 saturated carbocycles. The normalized spacial score (nSPS) is 11.1. The van der Waals surface area contributed by atoms with Gasteiger partial charge in [0.05, 0.1) is 0 Å². The van der Waals surface area contributed by atoms with Crippen molar-refractivity contribution in [3.05, 3.63) is 71.8 Å². The van der Waals surface area contributed by atoms with E-state index >= 15 is 0 Å². The third kappa shape index (κ3) is 7.84. The fourth-order valence-corrected chi connectivity index (χ4v) is 3.15. The summed E-state index contributed by atoms with van der Waals surface area (Å²) in [5, 5.41) is 11.1. The van der Waals surface area contributed by atoms with Crippen LogP contribution in [0.1, 0.15) is 11.1 Å². The van der Waals surface area contributed by atoms with Crippen LogP contribution in [0.5, 0.6) is 0 Å². The minimum atomic E-state index is -0.893. The van der Waals surface area contributed by atoms with Crippen LogP contribution in [0, 0.1) is 11.3 Å². The summed E-state index contributed by atoms with van der Waals surface area (Å²) in [7, 11) is 0. The SMILES string of the molecule is N#CCOC(=O)[C@H](CSCc1ccccc1)NC(=O)OCc1ccccc1. The molecule has 7 heteroatoms. The number of amides is 1. The second-order valence-electron chi connectivity index (χ2n) is 5.53. The number of hydrogen-bond donors (Lipinski definition) is 1. The predicted molar refractivity (Wildman–Crippen MR) is 103 cm³/mol. The van der Waals surface area contributed by atoms with Crippen LogP contribution in [0.2, 0.25) is 0 Å². The minimum Gasteiger partial charge on any atom is -0.449 e. The lowest BCUT2D eigenvalue weighted by molar-refractivity contribution is -0.143. The summed E-state index contributed by atoms with van der Waals surface area (Å²) >= 11 is 1.48. The van der Waals surface area contributed by atoms with E-state index in [1.165, 1.54) is 11.8 Å². The Morgan fingerprint density at radius 2 is 1.63 bits per heavy atom. The van der Waals surface area contributed by atoms with Gasteiger partial charge in [0.1, 0.15) is 18.7 Å². The van der Waals surface area contributed by atoms with E-state index in [2.05, 4.69) is 5.32 Å². The number of ether oxygens (including phenoxy) is 2. The molecule has 2 aromatic rings. The van der Waals surface area contributed by atoms with E-state index in [0.29, 0.717) is 11.5 Å². The van der Waals surface area contributed by atoms with Crippen molar-refractivity contribution < 1.29 is 19.1 Å². The maximum Gasteiger partial charge on any atom is 0.408 e. The molecule has 0 aromatic heterocycles. The second-order valence-corrected chi connectivity index (χ2v) is 6.56. The number of benzene rings is 2. The molecule has 0 fully saturated rings. The number of thioether (sulfide) groups is 1. The van der Waals surface area contributed by atoms with Crippen molar-refractivity contribution in [2.75, 3.05) is 12.4 Å². The van der Waals surface area contributed by atoms with Gasteiger partial charge < -0.3 is 14.8 Å². The van der Waals surface area contributed by atoms with Crippen molar-refractivity contribution in [3.63, 3.8) is 0 Å². The smallest absolute Gasteiger partial charge is 0.408 e. The summed E-state index contributed by atoms with van der Waals surface area (Å²) in [6.45, 7) is -0.261. The molecule has 1 N–H and O–H groups in total. The largest absolute Gasteiger partial charge is 0.449 e. The number of rotatable bonds is 9. The Morgan fingerprint density at radius 1 is 1.00 bits per heavy atom. The Labute approximate surface area is 162 Å². The van der Waals surface area contributed by atoms with Crippen molar-refractivity contribution in [1.82, 2.24) is 5.32 Å². The van der Waals surface area contributed by atoms with E-state index in [-0.39, 0.29) is 13.2 Å². The average molecular weight is 384 g/mol. The summed E-state index contributed by atoms with van der Waals surface area (Å²) < 4.78 is 9.98. The predicted octanol–water partition coefficient (Wildman–Crippen LogP) is 3.28. The first-order chi connectivity index (χ1) is 13.2. The summed E-state index contributed by atoms with van der Waals surface area (Å²) in [6.07, 6.45) is -0.710. The van der Waals surface area contributed by atoms with Gasteiger partial charge in [-0.25, -0.2) is 9.59 Å². The Hall–Kier alpha value is -2.98. The van der Waals surface area contributed by atoms with Crippen LogP contribution in [0.3, 0.4) is 0 Å². The lowest BCUT2D eigenvalue weighted by Crippen LogP contribution is -2.44. The molecule has 0 aliphatic heterocycles. The summed E-state index contributed by atoms with van der Waals surface area (Å²) in [6, 6.07) is 19.9. The van der Waals surface area contributed by atoms with Crippen LogP contribution in [0.4, 0.5) is 4.79 Å². The van der Waals surface area contributed by atoms with E-state index in [4.69, 9.17) is 14.7 Å². The molecular formula is C20H20N2O4S. The number of hydrogen-bond acceptors (Lipinski definition) is 6. The van der Waals surface area contributed by atoms with Gasteiger partial charge in [0.25, 0.3) is 0 Å². The zero-order chi connectivity index (χ0) is 19.3. The Morgan fingerprint density at radius 3 is 2.26 bits per heavy atom. The number of nitriles is 1. The average Bonchev–Trinajstić information content (AvgIpc) is 2.71. The van der Waals surface area contributed by atoms with Crippen LogP contribution < -0.4 is 5.32 Å².